The number of rotatable bonds is 2. The van der Waals surface area contributed by atoms with Gasteiger partial charge in [0.15, 0.2) is 6.61 Å². The lowest BCUT2D eigenvalue weighted by atomic mass is 10.5. The van der Waals surface area contributed by atoms with Crippen molar-refractivity contribution >= 4 is 0 Å². The van der Waals surface area contributed by atoms with Crippen LogP contribution in [0.1, 0.15) is 26.5 Å². The second kappa shape index (κ2) is 8.06. The number of nitrogens with zero attached hydrogens (tertiary/aromatic N) is 2. The van der Waals surface area contributed by atoms with Crippen molar-refractivity contribution in [2.45, 2.75) is 27.7 Å². The van der Waals surface area contributed by atoms with E-state index in [0.29, 0.717) is 12.5 Å². The summed E-state index contributed by atoms with van der Waals surface area (Å²) >= 11 is 0. The second-order valence-electron chi connectivity index (χ2n) is 2.21. The maximum absolute atomic E-state index is 5.15. The molecule has 1 heterocycles. The number of hydrogen-bond donors (Lipinski definition) is 0. The Hall–Kier alpha value is -1.56. The molecule has 0 saturated carbocycles. The quantitative estimate of drug-likeness (QED) is 0.674. The van der Waals surface area contributed by atoms with Crippen LogP contribution in [0, 0.1) is 18.8 Å². The molecule has 1 rings (SSSR count). The fourth-order valence-electron chi connectivity index (χ4n) is 0.637. The van der Waals surface area contributed by atoms with E-state index in [-0.39, 0.29) is 0 Å². The summed E-state index contributed by atoms with van der Waals surface area (Å²) < 4.78 is 5.15. The molecule has 3 heteroatoms. The second-order valence-corrected chi connectivity index (χ2v) is 2.21. The van der Waals surface area contributed by atoms with Crippen LogP contribution < -0.4 is 4.74 Å². The van der Waals surface area contributed by atoms with Gasteiger partial charge in [0.05, 0.1) is 18.1 Å². The summed E-state index contributed by atoms with van der Waals surface area (Å²) in [4.78, 5) is 8.02. The Bertz CT molecular complexity index is 295. The number of aryl methyl sites for hydroxylation is 1. The molecule has 1 aromatic rings. The third kappa shape index (κ3) is 5.15. The van der Waals surface area contributed by atoms with Crippen LogP contribution in [0.2, 0.25) is 0 Å². The van der Waals surface area contributed by atoms with Crippen molar-refractivity contribution in [3.63, 3.8) is 0 Å². The summed E-state index contributed by atoms with van der Waals surface area (Å²) in [7, 11) is 0. The van der Waals surface area contributed by atoms with Crippen LogP contribution in [-0.2, 0) is 0 Å². The molecule has 0 radical (unpaired) electrons. The van der Waals surface area contributed by atoms with Crippen LogP contribution in [0.25, 0.3) is 0 Å². The highest BCUT2D eigenvalue weighted by Crippen LogP contribution is 2.01. The molecule has 1 aromatic heterocycles. The van der Waals surface area contributed by atoms with E-state index in [1.54, 1.807) is 19.3 Å². The molecule has 0 aliphatic heterocycles. The van der Waals surface area contributed by atoms with Crippen LogP contribution in [-0.4, -0.2) is 16.6 Å². The van der Waals surface area contributed by atoms with Crippen molar-refractivity contribution < 1.29 is 4.74 Å². The maximum Gasteiger partial charge on any atom is 0.233 e. The molecule has 0 bridgehead atoms. The molecule has 0 atom stereocenters. The summed E-state index contributed by atoms with van der Waals surface area (Å²) in [5.74, 6) is 6.01. The Balaban J connectivity index is 0.000000791. The van der Waals surface area contributed by atoms with E-state index >= 15 is 0 Å². The number of aromatic nitrogens is 2. The third-order valence-electron chi connectivity index (χ3n) is 1.23. The van der Waals surface area contributed by atoms with Crippen LogP contribution in [0.3, 0.4) is 0 Å². The lowest BCUT2D eigenvalue weighted by molar-refractivity contribution is 0.353. The average molecular weight is 192 g/mol. The Morgan fingerprint density at radius 3 is 2.50 bits per heavy atom. The van der Waals surface area contributed by atoms with E-state index < -0.39 is 0 Å². The highest BCUT2D eigenvalue weighted by Gasteiger charge is 1.92. The minimum atomic E-state index is 0.369. The minimum Gasteiger partial charge on any atom is -0.463 e. The van der Waals surface area contributed by atoms with E-state index in [9.17, 15) is 0 Å². The van der Waals surface area contributed by atoms with Gasteiger partial charge in [-0.2, -0.15) is 0 Å². The van der Waals surface area contributed by atoms with E-state index in [1.807, 2.05) is 20.8 Å². The summed E-state index contributed by atoms with van der Waals surface area (Å²) in [6.07, 6.45) is 3.25. The van der Waals surface area contributed by atoms with Gasteiger partial charge < -0.3 is 4.74 Å². The molecule has 0 aliphatic rings. The van der Waals surface area contributed by atoms with Gasteiger partial charge in [0.1, 0.15) is 0 Å². The molecule has 0 unspecified atom stereocenters. The van der Waals surface area contributed by atoms with Crippen LogP contribution in [0.5, 0.6) is 5.88 Å². The molecule has 0 saturated heterocycles. The Labute approximate surface area is 85.5 Å². The molecule has 3 nitrogen and oxygen atoms in total. The van der Waals surface area contributed by atoms with E-state index in [2.05, 4.69) is 21.8 Å². The monoisotopic (exact) mass is 192 g/mol. The molecule has 0 aliphatic carbocycles. The molecule has 14 heavy (non-hydrogen) atoms. The Morgan fingerprint density at radius 1 is 1.29 bits per heavy atom. The molecule has 76 valence electrons. The Kier molecular flexibility index (Phi) is 7.16. The lowest BCUT2D eigenvalue weighted by Gasteiger charge is -1.98. The van der Waals surface area contributed by atoms with Crippen LogP contribution in [0.4, 0.5) is 0 Å². The largest absolute Gasteiger partial charge is 0.463 e. The maximum atomic E-state index is 5.15. The zero-order valence-corrected chi connectivity index (χ0v) is 9.16. The highest BCUT2D eigenvalue weighted by molar-refractivity contribution is 5.07. The summed E-state index contributed by atoms with van der Waals surface area (Å²) in [6, 6.07) is 0. The first-order chi connectivity index (χ1) is 6.83. The van der Waals surface area contributed by atoms with E-state index in [1.165, 1.54) is 0 Å². The summed E-state index contributed by atoms with van der Waals surface area (Å²) in [5.41, 5.74) is 0.879. The topological polar surface area (TPSA) is 35.0 Å². The molecule has 0 fully saturated rings. The lowest BCUT2D eigenvalue weighted by Crippen LogP contribution is -1.97. The number of hydrogen-bond acceptors (Lipinski definition) is 3. The highest BCUT2D eigenvalue weighted by atomic mass is 16.5. The van der Waals surface area contributed by atoms with Gasteiger partial charge in [0, 0.05) is 0 Å². The minimum absolute atomic E-state index is 0.369. The van der Waals surface area contributed by atoms with Crippen molar-refractivity contribution in [1.82, 2.24) is 9.97 Å². The van der Waals surface area contributed by atoms with Crippen molar-refractivity contribution in [1.29, 1.82) is 0 Å². The summed E-state index contributed by atoms with van der Waals surface area (Å²) in [5, 5.41) is 0. The predicted molar refractivity (Wildman–Crippen MR) is 57.1 cm³/mol. The van der Waals surface area contributed by atoms with Crippen LogP contribution >= 0.6 is 0 Å². The first kappa shape index (κ1) is 12.4. The zero-order valence-electron chi connectivity index (χ0n) is 9.16. The summed E-state index contributed by atoms with van der Waals surface area (Å²) in [6.45, 7) is 8.01. The van der Waals surface area contributed by atoms with E-state index in [4.69, 9.17) is 4.74 Å². The van der Waals surface area contributed by atoms with Gasteiger partial charge in [-0.1, -0.05) is 19.8 Å². The average Bonchev–Trinajstić information content (AvgIpc) is 2.24. The Morgan fingerprint density at radius 2 is 2.00 bits per heavy atom. The van der Waals surface area contributed by atoms with E-state index in [0.717, 1.165) is 5.69 Å². The fraction of sp³-hybridized carbons (Fsp3) is 0.455. The molecule has 0 amide bonds. The SMILES string of the molecule is CC.CC#CCOc1cnc(C)cn1. The van der Waals surface area contributed by atoms with Crippen molar-refractivity contribution in [3.8, 4) is 17.7 Å². The smallest absolute Gasteiger partial charge is 0.233 e. The van der Waals surface area contributed by atoms with Gasteiger partial charge in [-0.3, -0.25) is 4.98 Å². The van der Waals surface area contributed by atoms with Gasteiger partial charge in [-0.05, 0) is 13.8 Å². The molecular weight excluding hydrogens is 176 g/mol. The predicted octanol–water partition coefficient (Wildman–Crippen LogP) is 2.21. The molecular formula is C11H16N2O. The molecule has 0 spiro atoms. The van der Waals surface area contributed by atoms with Crippen molar-refractivity contribution in [3.05, 3.63) is 18.1 Å². The fourth-order valence-corrected chi connectivity index (χ4v) is 0.637. The third-order valence-corrected chi connectivity index (χ3v) is 1.23. The number of ether oxygens (including phenoxy) is 1. The van der Waals surface area contributed by atoms with Crippen molar-refractivity contribution in [2.75, 3.05) is 6.61 Å². The van der Waals surface area contributed by atoms with Gasteiger partial charge >= 0.3 is 0 Å². The first-order valence-electron chi connectivity index (χ1n) is 4.64. The van der Waals surface area contributed by atoms with Gasteiger partial charge in [0.2, 0.25) is 5.88 Å². The standard InChI is InChI=1S/C9H10N2O.C2H6/c1-3-4-5-12-9-7-10-8(2)6-11-9;1-2/h6-7H,5H2,1-2H3;1-2H3. The van der Waals surface area contributed by atoms with Gasteiger partial charge in [-0.15, -0.1) is 5.92 Å². The normalized spacial score (nSPS) is 7.71. The first-order valence-corrected chi connectivity index (χ1v) is 4.64. The molecule has 0 aromatic carbocycles. The van der Waals surface area contributed by atoms with Crippen LogP contribution in [0.15, 0.2) is 12.4 Å². The zero-order chi connectivity index (χ0) is 10.8. The van der Waals surface area contributed by atoms with Crippen molar-refractivity contribution in [2.24, 2.45) is 0 Å². The van der Waals surface area contributed by atoms with Gasteiger partial charge in [0.25, 0.3) is 0 Å². The molecule has 0 N–H and O–H groups in total. The van der Waals surface area contributed by atoms with Gasteiger partial charge in [-0.25, -0.2) is 4.98 Å².